The van der Waals surface area contributed by atoms with Crippen LogP contribution in [0.5, 0.6) is 0 Å². The Morgan fingerprint density at radius 1 is 1.00 bits per heavy atom. The largest absolute Gasteiger partial charge is 0.477 e. The van der Waals surface area contributed by atoms with Crippen LogP contribution in [0.1, 0.15) is 10.5 Å². The van der Waals surface area contributed by atoms with Crippen LogP contribution in [-0.2, 0) is 10.0 Å². The van der Waals surface area contributed by atoms with Crippen LogP contribution in [0.25, 0.3) is 22.4 Å². The maximum absolute atomic E-state index is 13.4. The first-order valence-electron chi connectivity index (χ1n) is 9.28. The van der Waals surface area contributed by atoms with Gasteiger partial charge in [0.25, 0.3) is 10.0 Å². The second-order valence-corrected chi connectivity index (χ2v) is 8.58. The van der Waals surface area contributed by atoms with Crippen molar-refractivity contribution in [3.8, 4) is 11.4 Å². The highest BCUT2D eigenvalue weighted by molar-refractivity contribution is 7.90. The molecule has 4 rings (SSSR count). The van der Waals surface area contributed by atoms with Crippen molar-refractivity contribution in [2.75, 3.05) is 11.9 Å². The van der Waals surface area contributed by atoms with Gasteiger partial charge in [0.05, 0.1) is 10.3 Å². The minimum atomic E-state index is -4.35. The van der Waals surface area contributed by atoms with Gasteiger partial charge in [-0.2, -0.15) is 0 Å². The highest BCUT2D eigenvalue weighted by atomic mass is 32.2. The van der Waals surface area contributed by atoms with E-state index in [1.165, 1.54) is 31.3 Å². The van der Waals surface area contributed by atoms with Crippen molar-refractivity contribution in [3.05, 3.63) is 72.4 Å². The van der Waals surface area contributed by atoms with E-state index in [0.717, 1.165) is 11.0 Å². The molecule has 0 spiro atoms. The van der Waals surface area contributed by atoms with Crippen molar-refractivity contribution in [1.82, 2.24) is 13.9 Å². The van der Waals surface area contributed by atoms with Gasteiger partial charge in [-0.3, -0.25) is 4.90 Å². The van der Waals surface area contributed by atoms with Crippen LogP contribution in [0.3, 0.4) is 0 Å². The monoisotopic (exact) mass is 451 g/mol. The molecule has 3 N–H and O–H groups in total. The summed E-state index contributed by atoms with van der Waals surface area (Å²) in [6, 6.07) is 16.3. The molecule has 162 valence electrons. The molecule has 0 aliphatic carbocycles. The number of carboxylic acid groups (broad SMARTS) is 1. The summed E-state index contributed by atoms with van der Waals surface area (Å²) >= 11 is 0. The van der Waals surface area contributed by atoms with Gasteiger partial charge in [0.15, 0.2) is 11.5 Å². The normalized spacial score (nSPS) is 11.4. The summed E-state index contributed by atoms with van der Waals surface area (Å²) in [5.74, 6) is -1.41. The van der Waals surface area contributed by atoms with E-state index in [0.29, 0.717) is 9.54 Å². The summed E-state index contributed by atoms with van der Waals surface area (Å²) in [4.78, 5) is 33.5. The number of carbonyl (C=O) groups excluding carboxylic acids is 1. The second kappa shape index (κ2) is 7.78. The average molecular weight is 451 g/mol. The smallest absolute Gasteiger partial charge is 0.353 e. The lowest BCUT2D eigenvalue weighted by molar-refractivity contribution is 0.0689. The Balaban J connectivity index is 2.14. The van der Waals surface area contributed by atoms with E-state index >= 15 is 0 Å². The van der Waals surface area contributed by atoms with E-state index in [1.807, 2.05) is 0 Å². The van der Waals surface area contributed by atoms with Crippen LogP contribution < -0.4 is 10.6 Å². The number of amides is 2. The van der Waals surface area contributed by atoms with Crippen molar-refractivity contribution >= 4 is 38.9 Å². The molecule has 0 radical (unpaired) electrons. The number of carbonyl (C=O) groups is 2. The molecule has 2 amide bonds. The number of anilines is 1. The molecule has 0 unspecified atom stereocenters. The number of fused-ring (bicyclic) bond motifs is 1. The molecule has 0 bridgehead atoms. The van der Waals surface area contributed by atoms with Crippen molar-refractivity contribution in [1.29, 1.82) is 0 Å². The molecule has 32 heavy (non-hydrogen) atoms. The van der Waals surface area contributed by atoms with Gasteiger partial charge in [0.1, 0.15) is 11.5 Å². The third kappa shape index (κ3) is 3.44. The third-order valence-corrected chi connectivity index (χ3v) is 6.50. The van der Waals surface area contributed by atoms with E-state index < -0.39 is 27.7 Å². The number of primary amides is 1. The van der Waals surface area contributed by atoms with Crippen molar-refractivity contribution < 1.29 is 23.1 Å². The molecule has 0 atom stereocenters. The predicted molar refractivity (Wildman–Crippen MR) is 117 cm³/mol. The van der Waals surface area contributed by atoms with Crippen molar-refractivity contribution in [2.24, 2.45) is 5.73 Å². The topological polar surface area (TPSA) is 148 Å². The number of nitrogens with zero attached hydrogens (tertiary/aromatic N) is 4. The fourth-order valence-corrected chi connectivity index (χ4v) is 4.67. The Labute approximate surface area is 182 Å². The molecule has 0 aliphatic heterocycles. The number of rotatable bonds is 5. The molecule has 2 heterocycles. The summed E-state index contributed by atoms with van der Waals surface area (Å²) in [5, 5.41) is 9.81. The number of hydrogen-bond donors (Lipinski definition) is 2. The van der Waals surface area contributed by atoms with Gasteiger partial charge in [-0.1, -0.05) is 48.5 Å². The zero-order valence-electron chi connectivity index (χ0n) is 16.7. The lowest BCUT2D eigenvalue weighted by atomic mass is 10.2. The van der Waals surface area contributed by atoms with Crippen LogP contribution in [0.4, 0.5) is 10.6 Å². The van der Waals surface area contributed by atoms with E-state index in [4.69, 9.17) is 5.73 Å². The van der Waals surface area contributed by atoms with Crippen LogP contribution in [-0.4, -0.2) is 46.5 Å². The zero-order chi connectivity index (χ0) is 23.0. The quantitative estimate of drug-likeness (QED) is 0.473. The minimum Gasteiger partial charge on any atom is -0.477 e. The van der Waals surface area contributed by atoms with Crippen LogP contribution in [0, 0.1) is 0 Å². The highest BCUT2D eigenvalue weighted by Gasteiger charge is 2.30. The highest BCUT2D eigenvalue weighted by Crippen LogP contribution is 2.32. The summed E-state index contributed by atoms with van der Waals surface area (Å²) < 4.78 is 27.5. The van der Waals surface area contributed by atoms with E-state index in [9.17, 15) is 23.1 Å². The first-order valence-corrected chi connectivity index (χ1v) is 10.7. The number of nitrogens with two attached hydrogens (primary N) is 1. The summed E-state index contributed by atoms with van der Waals surface area (Å²) in [7, 11) is -3.00. The third-order valence-electron chi connectivity index (χ3n) is 4.78. The number of urea groups is 1. The van der Waals surface area contributed by atoms with Gasteiger partial charge in [-0.25, -0.2) is 31.9 Å². The Morgan fingerprint density at radius 2 is 1.59 bits per heavy atom. The number of hydrogen-bond acceptors (Lipinski definition) is 6. The maximum atomic E-state index is 13.4. The first-order chi connectivity index (χ1) is 15.2. The molecule has 4 aromatic rings. The van der Waals surface area contributed by atoms with E-state index in [2.05, 4.69) is 9.97 Å². The first kappa shape index (κ1) is 21.0. The second-order valence-electron chi connectivity index (χ2n) is 6.79. The molecule has 10 nitrogen and oxygen atoms in total. The van der Waals surface area contributed by atoms with Crippen LogP contribution >= 0.6 is 0 Å². The Kier molecular flexibility index (Phi) is 5.11. The van der Waals surface area contributed by atoms with Gasteiger partial charge in [-0.05, 0) is 18.2 Å². The zero-order valence-corrected chi connectivity index (χ0v) is 17.5. The standard InChI is InChI=1S/C21H17N5O5S/c1-25(21(22)29)18-15-12-16(20(27)28)26(32(30,31)14-10-6-3-7-11-14)19(15)24-17(23-18)13-8-4-2-5-9-13/h2-12H,1H3,(H2,22,29)(H,27,28). The SMILES string of the molecule is CN(C(N)=O)c1nc(-c2ccccc2)nc2c1cc(C(=O)O)n2S(=O)(=O)c1ccccc1. The van der Waals surface area contributed by atoms with E-state index in [-0.39, 0.29) is 27.6 Å². The van der Waals surface area contributed by atoms with Crippen LogP contribution in [0.15, 0.2) is 71.6 Å². The van der Waals surface area contributed by atoms with Crippen molar-refractivity contribution in [2.45, 2.75) is 4.90 Å². The summed E-state index contributed by atoms with van der Waals surface area (Å²) in [6.07, 6.45) is 0. The minimum absolute atomic E-state index is 0.0223. The fraction of sp³-hybridized carbons (Fsp3) is 0.0476. The van der Waals surface area contributed by atoms with E-state index in [1.54, 1.807) is 36.4 Å². The molecular weight excluding hydrogens is 434 g/mol. The molecule has 2 aromatic carbocycles. The lowest BCUT2D eigenvalue weighted by Gasteiger charge is -2.16. The number of aromatic nitrogens is 3. The Bertz CT molecular complexity index is 1450. The number of benzene rings is 2. The number of carboxylic acids is 1. The van der Waals surface area contributed by atoms with Gasteiger partial charge in [0.2, 0.25) is 0 Å². The van der Waals surface area contributed by atoms with Gasteiger partial charge >= 0.3 is 12.0 Å². The molecule has 0 saturated heterocycles. The number of aromatic carboxylic acids is 1. The van der Waals surface area contributed by atoms with Gasteiger partial charge < -0.3 is 10.8 Å². The lowest BCUT2D eigenvalue weighted by Crippen LogP contribution is -2.32. The van der Waals surface area contributed by atoms with Crippen LogP contribution in [0.2, 0.25) is 0 Å². The molecule has 2 aromatic heterocycles. The maximum Gasteiger partial charge on any atom is 0.353 e. The summed E-state index contributed by atoms with van der Waals surface area (Å²) in [5.41, 5.74) is 5.21. The molecule has 11 heteroatoms. The van der Waals surface area contributed by atoms with Gasteiger partial charge in [0, 0.05) is 12.6 Å². The van der Waals surface area contributed by atoms with Gasteiger partial charge in [-0.15, -0.1) is 0 Å². The average Bonchev–Trinajstić information content (AvgIpc) is 3.20. The molecule has 0 saturated carbocycles. The molecule has 0 aliphatic rings. The molecular formula is C21H17N5O5S. The predicted octanol–water partition coefficient (Wildman–Crippen LogP) is 2.55. The fourth-order valence-electron chi connectivity index (χ4n) is 3.21. The Hall–Kier alpha value is -4.25. The summed E-state index contributed by atoms with van der Waals surface area (Å²) in [6.45, 7) is 0. The van der Waals surface area contributed by atoms with Crippen molar-refractivity contribution in [3.63, 3.8) is 0 Å². The molecule has 0 fully saturated rings. The Morgan fingerprint density at radius 3 is 2.16 bits per heavy atom.